The molecule has 0 spiro atoms. The molecule has 1 aromatic carbocycles. The van der Waals surface area contributed by atoms with Gasteiger partial charge in [-0.25, -0.2) is 9.59 Å². The quantitative estimate of drug-likeness (QED) is 0.872. The van der Waals surface area contributed by atoms with E-state index in [1.165, 1.54) is 12.1 Å². The number of aromatic carboxylic acids is 1. The highest BCUT2D eigenvalue weighted by atomic mass is 32.2. The standard InChI is InChI=1S/C13H16N2O3S/c1-9-8-19-6-5-15(9)13(18)14-11-4-2-3-10(7-11)12(16)17/h2-4,7,9H,5-6,8H2,1H3,(H,14,18)(H,16,17). The van der Waals surface area contributed by atoms with Gasteiger partial charge in [-0.3, -0.25) is 0 Å². The summed E-state index contributed by atoms with van der Waals surface area (Å²) in [4.78, 5) is 24.8. The lowest BCUT2D eigenvalue weighted by Crippen LogP contribution is -2.46. The molecule has 2 amide bonds. The van der Waals surface area contributed by atoms with E-state index in [0.29, 0.717) is 5.69 Å². The van der Waals surface area contributed by atoms with E-state index < -0.39 is 5.97 Å². The van der Waals surface area contributed by atoms with Gasteiger partial charge in [0.2, 0.25) is 0 Å². The summed E-state index contributed by atoms with van der Waals surface area (Å²) in [5.41, 5.74) is 0.676. The minimum absolute atomic E-state index is 0.167. The average molecular weight is 280 g/mol. The summed E-state index contributed by atoms with van der Waals surface area (Å²) in [7, 11) is 0. The van der Waals surface area contributed by atoms with Crippen molar-refractivity contribution >= 4 is 29.4 Å². The molecule has 1 heterocycles. The normalized spacial score (nSPS) is 19.0. The number of anilines is 1. The molecule has 0 saturated carbocycles. The van der Waals surface area contributed by atoms with E-state index in [1.54, 1.807) is 17.0 Å². The minimum Gasteiger partial charge on any atom is -0.478 e. The number of carbonyl (C=O) groups is 2. The molecule has 2 N–H and O–H groups in total. The Morgan fingerprint density at radius 2 is 2.26 bits per heavy atom. The minimum atomic E-state index is -1.00. The maximum absolute atomic E-state index is 12.1. The van der Waals surface area contributed by atoms with Crippen LogP contribution < -0.4 is 5.32 Å². The molecular formula is C13H16N2O3S. The third kappa shape index (κ3) is 3.41. The van der Waals surface area contributed by atoms with Crippen LogP contribution in [-0.2, 0) is 0 Å². The van der Waals surface area contributed by atoms with E-state index in [-0.39, 0.29) is 17.6 Å². The summed E-state index contributed by atoms with van der Waals surface area (Å²) in [6.45, 7) is 2.73. The molecular weight excluding hydrogens is 264 g/mol. The molecule has 0 aliphatic carbocycles. The Bertz CT molecular complexity index is 493. The van der Waals surface area contributed by atoms with Gasteiger partial charge in [0.15, 0.2) is 0 Å². The predicted octanol–water partition coefficient (Wildman–Crippen LogP) is 2.35. The highest BCUT2D eigenvalue weighted by Gasteiger charge is 2.23. The zero-order valence-electron chi connectivity index (χ0n) is 10.6. The number of benzene rings is 1. The first-order chi connectivity index (χ1) is 9.08. The summed E-state index contributed by atoms with van der Waals surface area (Å²) in [5, 5.41) is 11.7. The number of carbonyl (C=O) groups excluding carboxylic acids is 1. The van der Waals surface area contributed by atoms with Crippen LogP contribution in [0.1, 0.15) is 17.3 Å². The van der Waals surface area contributed by atoms with Crippen LogP contribution in [0.4, 0.5) is 10.5 Å². The number of nitrogens with zero attached hydrogens (tertiary/aromatic N) is 1. The Kier molecular flexibility index (Phi) is 4.31. The molecule has 1 aliphatic heterocycles. The average Bonchev–Trinajstić information content (AvgIpc) is 2.39. The lowest BCUT2D eigenvalue weighted by Gasteiger charge is -2.33. The zero-order chi connectivity index (χ0) is 13.8. The largest absolute Gasteiger partial charge is 0.478 e. The molecule has 0 radical (unpaired) electrons. The fraction of sp³-hybridized carbons (Fsp3) is 0.385. The van der Waals surface area contributed by atoms with Crippen LogP contribution in [-0.4, -0.2) is 46.1 Å². The maximum atomic E-state index is 12.1. The SMILES string of the molecule is CC1CSCCN1C(=O)Nc1cccc(C(=O)O)c1. The highest BCUT2D eigenvalue weighted by molar-refractivity contribution is 7.99. The lowest BCUT2D eigenvalue weighted by atomic mass is 10.2. The summed E-state index contributed by atoms with van der Waals surface area (Å²) in [6.07, 6.45) is 0. The maximum Gasteiger partial charge on any atom is 0.335 e. The van der Waals surface area contributed by atoms with Crippen LogP contribution in [0.5, 0.6) is 0 Å². The fourth-order valence-corrected chi connectivity index (χ4v) is 2.97. The third-order valence-electron chi connectivity index (χ3n) is 2.99. The van der Waals surface area contributed by atoms with Crippen LogP contribution in [0.2, 0.25) is 0 Å². The second-order valence-corrected chi connectivity index (χ2v) is 5.58. The Morgan fingerprint density at radius 1 is 1.47 bits per heavy atom. The van der Waals surface area contributed by atoms with Crippen molar-refractivity contribution in [1.82, 2.24) is 4.90 Å². The number of carboxylic acids is 1. The van der Waals surface area contributed by atoms with Gasteiger partial charge in [-0.2, -0.15) is 11.8 Å². The Balaban J connectivity index is 2.06. The van der Waals surface area contributed by atoms with Crippen molar-refractivity contribution in [1.29, 1.82) is 0 Å². The molecule has 1 atom stereocenters. The Morgan fingerprint density at radius 3 is 2.95 bits per heavy atom. The molecule has 6 heteroatoms. The monoisotopic (exact) mass is 280 g/mol. The number of carboxylic acid groups (broad SMARTS) is 1. The summed E-state index contributed by atoms with van der Waals surface area (Å²) >= 11 is 1.84. The van der Waals surface area contributed by atoms with Crippen LogP contribution >= 0.6 is 11.8 Å². The van der Waals surface area contributed by atoms with Crippen molar-refractivity contribution in [2.75, 3.05) is 23.4 Å². The molecule has 1 unspecified atom stereocenters. The van der Waals surface area contributed by atoms with Gasteiger partial charge in [0, 0.05) is 29.8 Å². The first-order valence-corrected chi connectivity index (χ1v) is 7.22. The van der Waals surface area contributed by atoms with Crippen molar-refractivity contribution < 1.29 is 14.7 Å². The second-order valence-electron chi connectivity index (χ2n) is 4.43. The zero-order valence-corrected chi connectivity index (χ0v) is 11.4. The van der Waals surface area contributed by atoms with E-state index >= 15 is 0 Å². The van der Waals surface area contributed by atoms with Crippen molar-refractivity contribution in [3.8, 4) is 0 Å². The van der Waals surface area contributed by atoms with Gasteiger partial charge >= 0.3 is 12.0 Å². The van der Waals surface area contributed by atoms with Gasteiger partial charge in [0.1, 0.15) is 0 Å². The van der Waals surface area contributed by atoms with Crippen molar-refractivity contribution in [2.45, 2.75) is 13.0 Å². The molecule has 2 rings (SSSR count). The molecule has 102 valence electrons. The predicted molar refractivity (Wildman–Crippen MR) is 75.9 cm³/mol. The molecule has 1 aliphatic rings. The second kappa shape index (κ2) is 5.97. The Labute approximate surface area is 116 Å². The van der Waals surface area contributed by atoms with Crippen LogP contribution in [0.15, 0.2) is 24.3 Å². The van der Waals surface area contributed by atoms with Crippen molar-refractivity contribution in [3.05, 3.63) is 29.8 Å². The molecule has 1 saturated heterocycles. The number of hydrogen-bond donors (Lipinski definition) is 2. The van der Waals surface area contributed by atoms with E-state index in [1.807, 2.05) is 18.7 Å². The van der Waals surface area contributed by atoms with Gasteiger partial charge in [-0.05, 0) is 25.1 Å². The molecule has 19 heavy (non-hydrogen) atoms. The fourth-order valence-electron chi connectivity index (χ4n) is 1.95. The molecule has 0 bridgehead atoms. The van der Waals surface area contributed by atoms with Crippen LogP contribution in [0.3, 0.4) is 0 Å². The molecule has 1 fully saturated rings. The first kappa shape index (κ1) is 13.7. The summed E-state index contributed by atoms with van der Waals surface area (Å²) < 4.78 is 0. The molecule has 0 aromatic heterocycles. The third-order valence-corrected chi connectivity index (χ3v) is 4.18. The van der Waals surface area contributed by atoms with Gasteiger partial charge in [0.05, 0.1) is 5.56 Å². The lowest BCUT2D eigenvalue weighted by molar-refractivity contribution is 0.0697. The van der Waals surface area contributed by atoms with Gasteiger partial charge in [0.25, 0.3) is 0 Å². The number of urea groups is 1. The van der Waals surface area contributed by atoms with Crippen LogP contribution in [0.25, 0.3) is 0 Å². The van der Waals surface area contributed by atoms with Crippen molar-refractivity contribution in [3.63, 3.8) is 0 Å². The smallest absolute Gasteiger partial charge is 0.335 e. The number of amides is 2. The topological polar surface area (TPSA) is 69.6 Å². The summed E-state index contributed by atoms with van der Waals surface area (Å²) in [5.74, 6) is 0.869. The van der Waals surface area contributed by atoms with E-state index in [4.69, 9.17) is 5.11 Å². The Hall–Kier alpha value is -1.69. The number of rotatable bonds is 2. The molecule has 5 nitrogen and oxygen atoms in total. The number of nitrogens with one attached hydrogen (secondary N) is 1. The van der Waals surface area contributed by atoms with E-state index in [2.05, 4.69) is 5.32 Å². The first-order valence-electron chi connectivity index (χ1n) is 6.06. The molecule has 1 aromatic rings. The van der Waals surface area contributed by atoms with Gasteiger partial charge in [-0.1, -0.05) is 6.07 Å². The van der Waals surface area contributed by atoms with Crippen LogP contribution in [0, 0.1) is 0 Å². The van der Waals surface area contributed by atoms with Gasteiger partial charge < -0.3 is 15.3 Å². The van der Waals surface area contributed by atoms with E-state index in [0.717, 1.165) is 18.1 Å². The number of hydrogen-bond acceptors (Lipinski definition) is 3. The highest BCUT2D eigenvalue weighted by Crippen LogP contribution is 2.18. The summed E-state index contributed by atoms with van der Waals surface area (Å²) in [6, 6.07) is 6.29. The van der Waals surface area contributed by atoms with Crippen molar-refractivity contribution in [2.24, 2.45) is 0 Å². The van der Waals surface area contributed by atoms with E-state index in [9.17, 15) is 9.59 Å². The number of thioether (sulfide) groups is 1. The van der Waals surface area contributed by atoms with Gasteiger partial charge in [-0.15, -0.1) is 0 Å².